The second-order valence-corrected chi connectivity index (χ2v) is 5.81. The summed E-state index contributed by atoms with van der Waals surface area (Å²) in [6.07, 6.45) is 5.94. The average molecular weight is 254 g/mol. The van der Waals surface area contributed by atoms with Crippen molar-refractivity contribution < 1.29 is 14.7 Å². The summed E-state index contributed by atoms with van der Waals surface area (Å²) in [6.45, 7) is 2.18. The molecule has 2 amide bonds. The van der Waals surface area contributed by atoms with Gasteiger partial charge in [0.15, 0.2) is 0 Å². The summed E-state index contributed by atoms with van der Waals surface area (Å²) in [4.78, 5) is 23.2. The van der Waals surface area contributed by atoms with E-state index in [0.717, 1.165) is 32.1 Å². The number of hydrogen-bond acceptors (Lipinski definition) is 2. The molecule has 0 heterocycles. The van der Waals surface area contributed by atoms with Crippen LogP contribution in [0.3, 0.4) is 0 Å². The summed E-state index contributed by atoms with van der Waals surface area (Å²) in [7, 11) is 0. The molecule has 0 aromatic carbocycles. The van der Waals surface area contributed by atoms with Crippen LogP contribution in [0.5, 0.6) is 0 Å². The van der Waals surface area contributed by atoms with Crippen molar-refractivity contribution in [1.82, 2.24) is 10.6 Å². The molecule has 0 radical (unpaired) electrons. The van der Waals surface area contributed by atoms with Gasteiger partial charge in [0.2, 0.25) is 0 Å². The van der Waals surface area contributed by atoms with E-state index in [4.69, 9.17) is 0 Å². The minimum atomic E-state index is -1.03. The Morgan fingerprint density at radius 3 is 2.39 bits per heavy atom. The standard InChI is InChI=1S/C13H22N2O3/c1-9-4-5-10(8-9)14-12(18)15-13(11(16)17)6-2-3-7-13/h9-10H,2-8H2,1H3,(H,16,17)(H2,14,15,18). The molecule has 2 unspecified atom stereocenters. The van der Waals surface area contributed by atoms with E-state index in [1.165, 1.54) is 0 Å². The maximum absolute atomic E-state index is 11.9. The first-order chi connectivity index (χ1) is 8.52. The van der Waals surface area contributed by atoms with Gasteiger partial charge in [-0.15, -0.1) is 0 Å². The summed E-state index contributed by atoms with van der Waals surface area (Å²) in [6, 6.07) is -0.120. The second kappa shape index (κ2) is 5.16. The first-order valence-electron chi connectivity index (χ1n) is 6.84. The van der Waals surface area contributed by atoms with Crippen molar-refractivity contribution in [3.63, 3.8) is 0 Å². The Hall–Kier alpha value is -1.26. The van der Waals surface area contributed by atoms with Crippen molar-refractivity contribution in [2.75, 3.05) is 0 Å². The first kappa shape index (κ1) is 13.2. The molecule has 0 aromatic heterocycles. The van der Waals surface area contributed by atoms with Gasteiger partial charge in [0, 0.05) is 6.04 Å². The fourth-order valence-electron chi connectivity index (χ4n) is 3.15. The van der Waals surface area contributed by atoms with Crippen LogP contribution in [0.25, 0.3) is 0 Å². The fourth-order valence-corrected chi connectivity index (χ4v) is 3.15. The lowest BCUT2D eigenvalue weighted by Crippen LogP contribution is -2.56. The molecule has 2 rings (SSSR count). The molecule has 2 aliphatic rings. The molecule has 2 saturated carbocycles. The van der Waals surface area contributed by atoms with Crippen LogP contribution < -0.4 is 10.6 Å². The van der Waals surface area contributed by atoms with Crippen LogP contribution in [0.4, 0.5) is 4.79 Å². The van der Waals surface area contributed by atoms with E-state index in [2.05, 4.69) is 17.6 Å². The highest BCUT2D eigenvalue weighted by Crippen LogP contribution is 2.30. The molecular formula is C13H22N2O3. The number of amides is 2. The Morgan fingerprint density at radius 1 is 1.22 bits per heavy atom. The van der Waals surface area contributed by atoms with Crippen molar-refractivity contribution in [2.24, 2.45) is 5.92 Å². The van der Waals surface area contributed by atoms with E-state index in [9.17, 15) is 14.7 Å². The normalized spacial score (nSPS) is 30.1. The second-order valence-electron chi connectivity index (χ2n) is 5.81. The molecule has 0 spiro atoms. The Kier molecular flexibility index (Phi) is 3.78. The van der Waals surface area contributed by atoms with Crippen molar-refractivity contribution in [3.05, 3.63) is 0 Å². The van der Waals surface area contributed by atoms with E-state index in [-0.39, 0.29) is 12.1 Å². The number of nitrogens with one attached hydrogen (secondary N) is 2. The molecule has 5 nitrogen and oxygen atoms in total. The summed E-state index contributed by atoms with van der Waals surface area (Å²) < 4.78 is 0. The zero-order chi connectivity index (χ0) is 13.2. The quantitative estimate of drug-likeness (QED) is 0.719. The van der Waals surface area contributed by atoms with Crippen LogP contribution in [-0.4, -0.2) is 28.7 Å². The number of aliphatic carboxylic acids is 1. The molecule has 0 aliphatic heterocycles. The van der Waals surface area contributed by atoms with E-state index in [0.29, 0.717) is 18.8 Å². The van der Waals surface area contributed by atoms with E-state index >= 15 is 0 Å². The van der Waals surface area contributed by atoms with Crippen molar-refractivity contribution in [1.29, 1.82) is 0 Å². The van der Waals surface area contributed by atoms with E-state index in [1.54, 1.807) is 0 Å². The summed E-state index contributed by atoms with van der Waals surface area (Å²) in [5, 5.41) is 14.9. The largest absolute Gasteiger partial charge is 0.480 e. The number of carbonyl (C=O) groups is 2. The number of carbonyl (C=O) groups excluding carboxylic acids is 1. The molecule has 0 aromatic rings. The maximum Gasteiger partial charge on any atom is 0.329 e. The third-order valence-electron chi connectivity index (χ3n) is 4.25. The number of rotatable bonds is 3. The lowest BCUT2D eigenvalue weighted by molar-refractivity contribution is -0.144. The zero-order valence-corrected chi connectivity index (χ0v) is 10.9. The molecule has 5 heteroatoms. The van der Waals surface area contributed by atoms with Gasteiger partial charge >= 0.3 is 12.0 Å². The van der Waals surface area contributed by atoms with Crippen molar-refractivity contribution in [2.45, 2.75) is 63.5 Å². The molecule has 3 N–H and O–H groups in total. The van der Waals surface area contributed by atoms with Gasteiger partial charge in [0.25, 0.3) is 0 Å². The smallest absolute Gasteiger partial charge is 0.329 e. The number of urea groups is 1. The minimum absolute atomic E-state index is 0.201. The monoisotopic (exact) mass is 254 g/mol. The highest BCUT2D eigenvalue weighted by molar-refractivity contribution is 5.86. The molecule has 2 fully saturated rings. The van der Waals surface area contributed by atoms with Gasteiger partial charge in [-0.3, -0.25) is 0 Å². The fraction of sp³-hybridized carbons (Fsp3) is 0.846. The van der Waals surface area contributed by atoms with Crippen LogP contribution in [-0.2, 0) is 4.79 Å². The van der Waals surface area contributed by atoms with Crippen molar-refractivity contribution in [3.8, 4) is 0 Å². The Balaban J connectivity index is 1.88. The van der Waals surface area contributed by atoms with Gasteiger partial charge in [-0.05, 0) is 38.0 Å². The van der Waals surface area contributed by atoms with Crippen LogP contribution in [0.15, 0.2) is 0 Å². The number of carboxylic acid groups (broad SMARTS) is 1. The molecule has 0 bridgehead atoms. The molecular weight excluding hydrogens is 232 g/mol. The lowest BCUT2D eigenvalue weighted by atomic mass is 9.98. The highest BCUT2D eigenvalue weighted by Gasteiger charge is 2.42. The lowest BCUT2D eigenvalue weighted by Gasteiger charge is -2.26. The summed E-state index contributed by atoms with van der Waals surface area (Å²) in [5.41, 5.74) is -1.03. The third kappa shape index (κ3) is 2.76. The topological polar surface area (TPSA) is 78.4 Å². The van der Waals surface area contributed by atoms with Gasteiger partial charge in [-0.2, -0.15) is 0 Å². The van der Waals surface area contributed by atoms with Gasteiger partial charge in [0.05, 0.1) is 0 Å². The van der Waals surface area contributed by atoms with Crippen LogP contribution in [0.1, 0.15) is 51.9 Å². The minimum Gasteiger partial charge on any atom is -0.480 e. The predicted molar refractivity (Wildman–Crippen MR) is 67.3 cm³/mol. The van der Waals surface area contributed by atoms with Crippen molar-refractivity contribution >= 4 is 12.0 Å². The third-order valence-corrected chi connectivity index (χ3v) is 4.25. The predicted octanol–water partition coefficient (Wildman–Crippen LogP) is 1.87. The molecule has 0 saturated heterocycles. The van der Waals surface area contributed by atoms with Gasteiger partial charge in [-0.25, -0.2) is 9.59 Å². The highest BCUT2D eigenvalue weighted by atomic mass is 16.4. The maximum atomic E-state index is 11.9. The average Bonchev–Trinajstić information content (AvgIpc) is 2.89. The van der Waals surface area contributed by atoms with Gasteiger partial charge in [-0.1, -0.05) is 19.8 Å². The van der Waals surface area contributed by atoms with Gasteiger partial charge in [0.1, 0.15) is 5.54 Å². The molecule has 18 heavy (non-hydrogen) atoms. The van der Waals surface area contributed by atoms with Crippen LogP contribution in [0.2, 0.25) is 0 Å². The molecule has 102 valence electrons. The van der Waals surface area contributed by atoms with E-state index < -0.39 is 11.5 Å². The van der Waals surface area contributed by atoms with Gasteiger partial charge < -0.3 is 15.7 Å². The first-order valence-corrected chi connectivity index (χ1v) is 6.84. The summed E-state index contributed by atoms with van der Waals surface area (Å²) in [5.74, 6) is -0.259. The van der Waals surface area contributed by atoms with Crippen LogP contribution >= 0.6 is 0 Å². The summed E-state index contributed by atoms with van der Waals surface area (Å²) >= 11 is 0. The van der Waals surface area contributed by atoms with Crippen LogP contribution in [0, 0.1) is 5.92 Å². The Morgan fingerprint density at radius 2 is 1.89 bits per heavy atom. The number of hydrogen-bond donors (Lipinski definition) is 3. The Bertz CT molecular complexity index is 337. The number of carboxylic acids is 1. The zero-order valence-electron chi connectivity index (χ0n) is 10.9. The Labute approximate surface area is 107 Å². The molecule has 2 atom stereocenters. The van der Waals surface area contributed by atoms with E-state index in [1.807, 2.05) is 0 Å². The SMILES string of the molecule is CC1CCC(NC(=O)NC2(C(=O)O)CCCC2)C1. The molecule has 2 aliphatic carbocycles.